The largest absolute Gasteiger partial charge is 0.497 e. The molecule has 4 rings (SSSR count). The first-order chi connectivity index (χ1) is 15.5. The van der Waals surface area contributed by atoms with Gasteiger partial charge >= 0.3 is 0 Å². The molecule has 168 valence electrons. The molecular formula is C24H30N6O2. The van der Waals surface area contributed by atoms with Crippen LogP contribution in [0, 0.1) is 13.8 Å². The lowest BCUT2D eigenvalue weighted by molar-refractivity contribution is -0.121. The van der Waals surface area contributed by atoms with Crippen LogP contribution in [0.2, 0.25) is 0 Å². The summed E-state index contributed by atoms with van der Waals surface area (Å²) in [6.45, 7) is 6.57. The van der Waals surface area contributed by atoms with Crippen molar-refractivity contribution in [2.45, 2.75) is 46.1 Å². The molecule has 0 bridgehead atoms. The summed E-state index contributed by atoms with van der Waals surface area (Å²) in [5, 5.41) is 16.4. The topological polar surface area (TPSA) is 85.2 Å². The number of hydrogen-bond donors (Lipinski definition) is 1. The van der Waals surface area contributed by atoms with Crippen molar-refractivity contribution in [3.05, 3.63) is 58.9 Å². The van der Waals surface area contributed by atoms with E-state index in [2.05, 4.69) is 25.5 Å². The quantitative estimate of drug-likeness (QED) is 0.586. The van der Waals surface area contributed by atoms with Crippen LogP contribution in [0.1, 0.15) is 41.8 Å². The monoisotopic (exact) mass is 434 g/mol. The molecule has 32 heavy (non-hydrogen) atoms. The molecule has 0 aliphatic carbocycles. The number of nitrogens with one attached hydrogen (secondary N) is 1. The molecule has 0 atom stereocenters. The van der Waals surface area contributed by atoms with Gasteiger partial charge in [-0.1, -0.05) is 12.1 Å². The number of hydrogen-bond acceptors (Lipinski definition) is 6. The van der Waals surface area contributed by atoms with E-state index in [4.69, 9.17) is 4.74 Å². The fourth-order valence-corrected chi connectivity index (χ4v) is 4.08. The van der Waals surface area contributed by atoms with Crippen LogP contribution < -0.4 is 15.0 Å². The van der Waals surface area contributed by atoms with Crippen molar-refractivity contribution in [2.24, 2.45) is 0 Å². The molecule has 3 aromatic rings. The molecule has 1 fully saturated rings. The standard InChI is InChI=1S/C24H30N6O2/c1-17-21(10-13-24(31)25-16-19-6-8-20(32-3)9-7-19)18(2)30(28-17)23-12-11-22(26-27-23)29-14-4-5-15-29/h6-9,11-12H,4-5,10,13-16H2,1-3H3,(H,25,31). The number of nitrogens with zero attached hydrogens (tertiary/aromatic N) is 5. The first-order valence-corrected chi connectivity index (χ1v) is 11.1. The van der Waals surface area contributed by atoms with Gasteiger partial charge in [-0.3, -0.25) is 4.79 Å². The number of benzene rings is 1. The number of ether oxygens (including phenoxy) is 1. The van der Waals surface area contributed by atoms with Crippen LogP contribution in [0.15, 0.2) is 36.4 Å². The molecule has 2 aromatic heterocycles. The summed E-state index contributed by atoms with van der Waals surface area (Å²) in [4.78, 5) is 14.6. The molecule has 3 heterocycles. The molecule has 0 unspecified atom stereocenters. The Balaban J connectivity index is 1.35. The van der Waals surface area contributed by atoms with Crippen molar-refractivity contribution in [3.63, 3.8) is 0 Å². The third-order valence-electron chi connectivity index (χ3n) is 5.98. The maximum absolute atomic E-state index is 12.4. The zero-order valence-corrected chi connectivity index (χ0v) is 19.0. The second-order valence-electron chi connectivity index (χ2n) is 8.13. The highest BCUT2D eigenvalue weighted by atomic mass is 16.5. The highest BCUT2D eigenvalue weighted by Gasteiger charge is 2.17. The molecule has 1 amide bonds. The summed E-state index contributed by atoms with van der Waals surface area (Å²) in [7, 11) is 1.64. The van der Waals surface area contributed by atoms with Crippen LogP contribution in [0.5, 0.6) is 5.75 Å². The first kappa shape index (κ1) is 21.8. The van der Waals surface area contributed by atoms with Gasteiger partial charge in [0.25, 0.3) is 0 Å². The Morgan fingerprint density at radius 1 is 1.03 bits per heavy atom. The average molecular weight is 435 g/mol. The number of amides is 1. The van der Waals surface area contributed by atoms with Crippen molar-refractivity contribution < 1.29 is 9.53 Å². The van der Waals surface area contributed by atoms with E-state index < -0.39 is 0 Å². The normalized spacial score (nSPS) is 13.4. The molecule has 0 saturated carbocycles. The molecule has 1 aliphatic rings. The maximum atomic E-state index is 12.4. The molecule has 0 spiro atoms. The smallest absolute Gasteiger partial charge is 0.220 e. The van der Waals surface area contributed by atoms with Crippen LogP contribution in [0.3, 0.4) is 0 Å². The molecule has 8 heteroatoms. The van der Waals surface area contributed by atoms with Gasteiger partial charge in [0.15, 0.2) is 11.6 Å². The zero-order chi connectivity index (χ0) is 22.5. The van der Waals surface area contributed by atoms with E-state index in [0.29, 0.717) is 25.2 Å². The molecule has 1 aromatic carbocycles. The van der Waals surface area contributed by atoms with Crippen LogP contribution in [0.25, 0.3) is 5.82 Å². The Bertz CT molecular complexity index is 1050. The fourth-order valence-electron chi connectivity index (χ4n) is 4.08. The van der Waals surface area contributed by atoms with E-state index in [9.17, 15) is 4.79 Å². The van der Waals surface area contributed by atoms with E-state index in [1.807, 2.05) is 54.9 Å². The van der Waals surface area contributed by atoms with Crippen LogP contribution >= 0.6 is 0 Å². The van der Waals surface area contributed by atoms with Gasteiger partial charge in [-0.15, -0.1) is 10.2 Å². The summed E-state index contributed by atoms with van der Waals surface area (Å²) < 4.78 is 6.98. The summed E-state index contributed by atoms with van der Waals surface area (Å²) in [6, 6.07) is 11.7. The lowest BCUT2D eigenvalue weighted by Crippen LogP contribution is -2.23. The van der Waals surface area contributed by atoms with E-state index >= 15 is 0 Å². The second kappa shape index (κ2) is 9.80. The average Bonchev–Trinajstić information content (AvgIpc) is 3.45. The van der Waals surface area contributed by atoms with Gasteiger partial charge in [-0.2, -0.15) is 5.10 Å². The van der Waals surface area contributed by atoms with Crippen LogP contribution in [0.4, 0.5) is 5.82 Å². The number of aromatic nitrogens is 4. The Kier molecular flexibility index (Phi) is 6.68. The van der Waals surface area contributed by atoms with E-state index in [1.165, 1.54) is 12.8 Å². The minimum absolute atomic E-state index is 0.0159. The molecule has 0 radical (unpaired) electrons. The van der Waals surface area contributed by atoms with Crippen molar-refractivity contribution in [2.75, 3.05) is 25.1 Å². The van der Waals surface area contributed by atoms with Gasteiger partial charge in [-0.05, 0) is 68.5 Å². The summed E-state index contributed by atoms with van der Waals surface area (Å²) in [5.41, 5.74) is 4.02. The van der Waals surface area contributed by atoms with Crippen molar-refractivity contribution in [1.29, 1.82) is 0 Å². The fraction of sp³-hybridized carbons (Fsp3) is 0.417. The van der Waals surface area contributed by atoms with Crippen molar-refractivity contribution in [1.82, 2.24) is 25.3 Å². The van der Waals surface area contributed by atoms with Gasteiger partial charge in [0, 0.05) is 31.7 Å². The van der Waals surface area contributed by atoms with Gasteiger partial charge < -0.3 is 15.0 Å². The number of anilines is 1. The van der Waals surface area contributed by atoms with Gasteiger partial charge in [0.05, 0.1) is 12.8 Å². The van der Waals surface area contributed by atoms with Crippen LogP contribution in [-0.4, -0.2) is 46.1 Å². The number of rotatable bonds is 8. The summed E-state index contributed by atoms with van der Waals surface area (Å²) >= 11 is 0. The Hall–Kier alpha value is -3.42. The minimum Gasteiger partial charge on any atom is -0.497 e. The minimum atomic E-state index is 0.0159. The van der Waals surface area contributed by atoms with E-state index in [0.717, 1.165) is 47.2 Å². The van der Waals surface area contributed by atoms with Gasteiger partial charge in [0.2, 0.25) is 5.91 Å². The highest BCUT2D eigenvalue weighted by molar-refractivity contribution is 5.76. The predicted octanol–water partition coefficient (Wildman–Crippen LogP) is 3.14. The van der Waals surface area contributed by atoms with Gasteiger partial charge in [-0.25, -0.2) is 4.68 Å². The molecule has 1 aliphatic heterocycles. The highest BCUT2D eigenvalue weighted by Crippen LogP contribution is 2.21. The lowest BCUT2D eigenvalue weighted by Gasteiger charge is -2.15. The maximum Gasteiger partial charge on any atom is 0.220 e. The lowest BCUT2D eigenvalue weighted by atomic mass is 10.1. The molecular weight excluding hydrogens is 404 g/mol. The summed E-state index contributed by atoms with van der Waals surface area (Å²) in [5.74, 6) is 2.44. The molecule has 1 saturated heterocycles. The first-order valence-electron chi connectivity index (χ1n) is 11.1. The molecule has 1 N–H and O–H groups in total. The Morgan fingerprint density at radius 3 is 2.38 bits per heavy atom. The number of aryl methyl sites for hydroxylation is 1. The van der Waals surface area contributed by atoms with E-state index in [1.54, 1.807) is 7.11 Å². The number of methoxy groups -OCH3 is 1. The third-order valence-corrected chi connectivity index (χ3v) is 5.98. The van der Waals surface area contributed by atoms with Gasteiger partial charge in [0.1, 0.15) is 5.75 Å². The zero-order valence-electron chi connectivity index (χ0n) is 19.0. The Labute approximate surface area is 188 Å². The van der Waals surface area contributed by atoms with Crippen molar-refractivity contribution in [3.8, 4) is 11.6 Å². The summed E-state index contributed by atoms with van der Waals surface area (Å²) in [6.07, 6.45) is 3.45. The number of carbonyl (C=O) groups excluding carboxylic acids is 1. The SMILES string of the molecule is COc1ccc(CNC(=O)CCc2c(C)nn(-c3ccc(N4CCCC4)nn3)c2C)cc1. The van der Waals surface area contributed by atoms with E-state index in [-0.39, 0.29) is 5.91 Å². The Morgan fingerprint density at radius 2 is 1.72 bits per heavy atom. The number of carbonyl (C=O) groups is 1. The van der Waals surface area contributed by atoms with Crippen LogP contribution in [-0.2, 0) is 17.8 Å². The van der Waals surface area contributed by atoms with Crippen molar-refractivity contribution >= 4 is 11.7 Å². The predicted molar refractivity (Wildman–Crippen MR) is 123 cm³/mol. The third kappa shape index (κ3) is 4.90. The molecule has 8 nitrogen and oxygen atoms in total. The second-order valence-corrected chi connectivity index (χ2v) is 8.13.